The second kappa shape index (κ2) is 4.45. The van der Waals surface area contributed by atoms with Crippen LogP contribution in [0.15, 0.2) is 23.2 Å². The topological polar surface area (TPSA) is 32.7 Å². The minimum Gasteiger partial charge on any atom is -0.374 e. The van der Waals surface area contributed by atoms with Gasteiger partial charge in [-0.15, -0.1) is 0 Å². The predicted molar refractivity (Wildman–Crippen MR) is 60.0 cm³/mol. The molecule has 0 radical (unpaired) electrons. The van der Waals surface area contributed by atoms with Crippen molar-refractivity contribution in [3.05, 3.63) is 29.6 Å². The Bertz CT molecular complexity index is 441. The molecule has 0 spiro atoms. The first kappa shape index (κ1) is 10.8. The number of aliphatic imine (C=N–C) groups is 1. The summed E-state index contributed by atoms with van der Waals surface area (Å²) in [6, 6.07) is 4.77. The zero-order chi connectivity index (χ0) is 11.5. The van der Waals surface area contributed by atoms with E-state index in [0.717, 1.165) is 24.2 Å². The van der Waals surface area contributed by atoms with Gasteiger partial charge in [0, 0.05) is 25.2 Å². The van der Waals surface area contributed by atoms with Crippen LogP contribution in [0.2, 0.25) is 0 Å². The highest BCUT2D eigenvalue weighted by Crippen LogP contribution is 2.34. The molecule has 16 heavy (non-hydrogen) atoms. The summed E-state index contributed by atoms with van der Waals surface area (Å²) in [6.45, 7) is 1.30. The fourth-order valence-corrected chi connectivity index (χ4v) is 2.16. The summed E-state index contributed by atoms with van der Waals surface area (Å²) in [6.07, 6.45) is 2.49. The van der Waals surface area contributed by atoms with Gasteiger partial charge < -0.3 is 4.90 Å². The Balaban J connectivity index is 2.36. The minimum atomic E-state index is -0.231. The van der Waals surface area contributed by atoms with Crippen molar-refractivity contribution in [2.24, 2.45) is 4.99 Å². The number of rotatable bonds is 2. The lowest BCUT2D eigenvalue weighted by atomic mass is 9.90. The Hall–Kier alpha value is -1.67. The van der Waals surface area contributed by atoms with Crippen molar-refractivity contribution in [2.75, 3.05) is 25.0 Å². The molecule has 2 rings (SSSR count). The number of nitrogens with zero attached hydrogens (tertiary/aromatic N) is 2. The van der Waals surface area contributed by atoms with E-state index >= 15 is 0 Å². The van der Waals surface area contributed by atoms with Crippen molar-refractivity contribution in [1.82, 2.24) is 0 Å². The van der Waals surface area contributed by atoms with Gasteiger partial charge in [-0.1, -0.05) is 6.07 Å². The molecule has 0 saturated carbocycles. The fourth-order valence-electron chi connectivity index (χ4n) is 2.16. The Morgan fingerprint density at radius 3 is 3.19 bits per heavy atom. The molecule has 0 aromatic heterocycles. The second-order valence-corrected chi connectivity index (χ2v) is 4.04. The first-order chi connectivity index (χ1) is 7.72. The highest BCUT2D eigenvalue weighted by molar-refractivity contribution is 5.57. The molecule has 3 nitrogen and oxygen atoms in total. The molecule has 0 fully saturated rings. The van der Waals surface area contributed by atoms with Gasteiger partial charge in [0.15, 0.2) is 0 Å². The zero-order valence-electron chi connectivity index (χ0n) is 9.11. The predicted octanol–water partition coefficient (Wildman–Crippen LogP) is 2.08. The van der Waals surface area contributed by atoms with Crippen LogP contribution in [0.25, 0.3) is 0 Å². The number of hydrogen-bond donors (Lipinski definition) is 0. The molecular formula is C12H13FN2O. The quantitative estimate of drug-likeness (QED) is 0.564. The standard InChI is InChI=1S/C12H13FN2O/c1-15-5-4-9(7-14-8-16)11-3-2-10(13)6-12(11)15/h2-3,6,9H,4-5,7H2,1H3. The van der Waals surface area contributed by atoms with Gasteiger partial charge in [-0.25, -0.2) is 14.2 Å². The number of isocyanates is 1. The largest absolute Gasteiger partial charge is 0.374 e. The Kier molecular flexibility index (Phi) is 3.02. The normalized spacial score (nSPS) is 18.9. The Labute approximate surface area is 93.6 Å². The number of anilines is 1. The molecule has 1 aliphatic rings. The molecule has 1 aromatic carbocycles. The van der Waals surface area contributed by atoms with Crippen LogP contribution in [0.4, 0.5) is 10.1 Å². The summed E-state index contributed by atoms with van der Waals surface area (Å²) in [5, 5.41) is 0. The summed E-state index contributed by atoms with van der Waals surface area (Å²) in [5.74, 6) is -0.0293. The van der Waals surface area contributed by atoms with E-state index in [1.54, 1.807) is 12.1 Å². The van der Waals surface area contributed by atoms with Gasteiger partial charge in [-0.2, -0.15) is 0 Å². The number of hydrogen-bond acceptors (Lipinski definition) is 3. The van der Waals surface area contributed by atoms with Crippen LogP contribution in [0.3, 0.4) is 0 Å². The van der Waals surface area contributed by atoms with Crippen LogP contribution >= 0.6 is 0 Å². The molecule has 0 saturated heterocycles. The van der Waals surface area contributed by atoms with Gasteiger partial charge >= 0.3 is 0 Å². The number of halogens is 1. The lowest BCUT2D eigenvalue weighted by Crippen LogP contribution is -2.28. The monoisotopic (exact) mass is 220 g/mol. The maximum absolute atomic E-state index is 13.1. The maximum Gasteiger partial charge on any atom is 0.234 e. The second-order valence-electron chi connectivity index (χ2n) is 4.04. The van der Waals surface area contributed by atoms with E-state index in [2.05, 4.69) is 4.99 Å². The lowest BCUT2D eigenvalue weighted by molar-refractivity contribution is 0.554. The summed E-state index contributed by atoms with van der Waals surface area (Å²) < 4.78 is 13.1. The Morgan fingerprint density at radius 2 is 2.44 bits per heavy atom. The van der Waals surface area contributed by atoms with E-state index in [4.69, 9.17) is 0 Å². The zero-order valence-corrected chi connectivity index (χ0v) is 9.11. The smallest absolute Gasteiger partial charge is 0.234 e. The molecule has 84 valence electrons. The maximum atomic E-state index is 13.1. The summed E-state index contributed by atoms with van der Waals surface area (Å²) >= 11 is 0. The third-order valence-electron chi connectivity index (χ3n) is 3.03. The van der Waals surface area contributed by atoms with Gasteiger partial charge in [0.1, 0.15) is 5.82 Å². The third-order valence-corrected chi connectivity index (χ3v) is 3.03. The van der Waals surface area contributed by atoms with Gasteiger partial charge in [0.25, 0.3) is 0 Å². The molecule has 1 aromatic rings. The van der Waals surface area contributed by atoms with E-state index < -0.39 is 0 Å². The van der Waals surface area contributed by atoms with Crippen molar-refractivity contribution >= 4 is 11.8 Å². The van der Waals surface area contributed by atoms with E-state index in [-0.39, 0.29) is 11.7 Å². The van der Waals surface area contributed by atoms with Crippen LogP contribution < -0.4 is 4.90 Å². The van der Waals surface area contributed by atoms with Crippen molar-refractivity contribution in [3.63, 3.8) is 0 Å². The molecule has 1 unspecified atom stereocenters. The molecule has 1 atom stereocenters. The fraction of sp³-hybridized carbons (Fsp3) is 0.417. The molecule has 0 N–H and O–H groups in total. The molecule has 0 bridgehead atoms. The molecule has 0 amide bonds. The molecule has 1 aliphatic heterocycles. The Morgan fingerprint density at radius 1 is 1.62 bits per heavy atom. The van der Waals surface area contributed by atoms with Crippen LogP contribution in [0.5, 0.6) is 0 Å². The van der Waals surface area contributed by atoms with Crippen molar-refractivity contribution in [3.8, 4) is 0 Å². The van der Waals surface area contributed by atoms with E-state index in [1.165, 1.54) is 12.1 Å². The highest BCUT2D eigenvalue weighted by Gasteiger charge is 2.23. The average molecular weight is 220 g/mol. The van der Waals surface area contributed by atoms with Gasteiger partial charge in [-0.05, 0) is 24.1 Å². The molecule has 0 aliphatic carbocycles. The van der Waals surface area contributed by atoms with Gasteiger partial charge in [-0.3, -0.25) is 0 Å². The van der Waals surface area contributed by atoms with Crippen molar-refractivity contribution in [1.29, 1.82) is 0 Å². The number of benzene rings is 1. The lowest BCUT2D eigenvalue weighted by Gasteiger charge is -2.32. The van der Waals surface area contributed by atoms with Gasteiger partial charge in [0.2, 0.25) is 6.08 Å². The SMILES string of the molecule is CN1CCC(CN=C=O)c2ccc(F)cc21. The number of carbonyl (C=O) groups excluding carboxylic acids is 1. The number of fused-ring (bicyclic) bond motifs is 1. The van der Waals surface area contributed by atoms with Crippen LogP contribution in [0.1, 0.15) is 17.9 Å². The third kappa shape index (κ3) is 1.97. The molecule has 4 heteroatoms. The van der Waals surface area contributed by atoms with Crippen LogP contribution in [-0.4, -0.2) is 26.2 Å². The molecular weight excluding hydrogens is 207 g/mol. The summed E-state index contributed by atoms with van der Waals surface area (Å²) in [4.78, 5) is 15.8. The van der Waals surface area contributed by atoms with E-state index in [9.17, 15) is 9.18 Å². The van der Waals surface area contributed by atoms with Crippen LogP contribution in [-0.2, 0) is 4.79 Å². The first-order valence-corrected chi connectivity index (χ1v) is 5.26. The van der Waals surface area contributed by atoms with Crippen molar-refractivity contribution in [2.45, 2.75) is 12.3 Å². The first-order valence-electron chi connectivity index (χ1n) is 5.26. The van der Waals surface area contributed by atoms with Crippen molar-refractivity contribution < 1.29 is 9.18 Å². The average Bonchev–Trinajstić information content (AvgIpc) is 2.29. The van der Waals surface area contributed by atoms with E-state index in [1.807, 2.05) is 11.9 Å². The summed E-state index contributed by atoms with van der Waals surface area (Å²) in [5.41, 5.74) is 1.96. The molecule has 1 heterocycles. The van der Waals surface area contributed by atoms with E-state index in [0.29, 0.717) is 6.54 Å². The van der Waals surface area contributed by atoms with Gasteiger partial charge in [0.05, 0.1) is 6.54 Å². The highest BCUT2D eigenvalue weighted by atomic mass is 19.1. The summed E-state index contributed by atoms with van der Waals surface area (Å²) in [7, 11) is 1.94. The van der Waals surface area contributed by atoms with Crippen LogP contribution in [0, 0.1) is 5.82 Å². The minimum absolute atomic E-state index is 0.202.